The van der Waals surface area contributed by atoms with E-state index < -0.39 is 0 Å². The summed E-state index contributed by atoms with van der Waals surface area (Å²) < 4.78 is 0. The van der Waals surface area contributed by atoms with Crippen LogP contribution in [-0.4, -0.2) is 11.2 Å². The molecule has 0 aromatic carbocycles. The Morgan fingerprint density at radius 1 is 1.15 bits per heavy atom. The Kier molecular flexibility index (Phi) is 2.18. The van der Waals surface area contributed by atoms with Crippen molar-refractivity contribution in [1.29, 1.82) is 0 Å². The highest BCUT2D eigenvalue weighted by Crippen LogP contribution is 2.74. The molecule has 0 radical (unpaired) electrons. The van der Waals surface area contributed by atoms with Gasteiger partial charge < -0.3 is 5.11 Å². The largest absolute Gasteiger partial charge is 0.393 e. The minimum atomic E-state index is -0.0150. The SMILES string of the molecule is CCCC(O)C1(CC)CCC12CC2. The first-order valence-corrected chi connectivity index (χ1v) is 5.89. The van der Waals surface area contributed by atoms with Crippen LogP contribution in [-0.2, 0) is 0 Å². The fourth-order valence-electron chi connectivity index (χ4n) is 3.56. The molecule has 1 N–H and O–H groups in total. The van der Waals surface area contributed by atoms with Gasteiger partial charge in [0.2, 0.25) is 0 Å². The minimum Gasteiger partial charge on any atom is -0.393 e. The zero-order chi connectivity index (χ0) is 9.53. The van der Waals surface area contributed by atoms with Gasteiger partial charge in [-0.2, -0.15) is 0 Å². The van der Waals surface area contributed by atoms with E-state index in [0.717, 1.165) is 12.8 Å². The van der Waals surface area contributed by atoms with Crippen molar-refractivity contribution < 1.29 is 5.11 Å². The minimum absolute atomic E-state index is 0.0150. The summed E-state index contributed by atoms with van der Waals surface area (Å²) in [5.74, 6) is 0. The van der Waals surface area contributed by atoms with Crippen LogP contribution >= 0.6 is 0 Å². The van der Waals surface area contributed by atoms with Crippen LogP contribution in [0.1, 0.15) is 58.8 Å². The van der Waals surface area contributed by atoms with Crippen LogP contribution in [0, 0.1) is 10.8 Å². The van der Waals surface area contributed by atoms with Gasteiger partial charge >= 0.3 is 0 Å². The van der Waals surface area contributed by atoms with E-state index in [4.69, 9.17) is 0 Å². The number of aliphatic hydroxyl groups is 1. The lowest BCUT2D eigenvalue weighted by Gasteiger charge is -2.54. The molecule has 0 aromatic rings. The van der Waals surface area contributed by atoms with Gasteiger partial charge in [0.15, 0.2) is 0 Å². The van der Waals surface area contributed by atoms with Gasteiger partial charge in [0.25, 0.3) is 0 Å². The molecule has 0 amide bonds. The maximum Gasteiger partial charge on any atom is 0.0601 e. The molecular formula is C12H22O. The molecule has 2 aliphatic carbocycles. The molecule has 1 nitrogen and oxygen atoms in total. The average molecular weight is 182 g/mol. The standard InChI is InChI=1S/C12H22O/c1-3-5-10(13)12(4-2)9-8-11(12)6-7-11/h10,13H,3-9H2,1-2H3. The van der Waals surface area contributed by atoms with Crippen molar-refractivity contribution in [2.75, 3.05) is 0 Å². The van der Waals surface area contributed by atoms with Crippen molar-refractivity contribution in [2.45, 2.75) is 64.9 Å². The van der Waals surface area contributed by atoms with E-state index in [1.165, 1.54) is 32.1 Å². The van der Waals surface area contributed by atoms with Crippen LogP contribution in [0.5, 0.6) is 0 Å². The molecule has 0 bridgehead atoms. The lowest BCUT2D eigenvalue weighted by atomic mass is 9.52. The van der Waals surface area contributed by atoms with Crippen LogP contribution in [0.3, 0.4) is 0 Å². The summed E-state index contributed by atoms with van der Waals surface area (Å²) in [4.78, 5) is 0. The zero-order valence-electron chi connectivity index (χ0n) is 8.97. The summed E-state index contributed by atoms with van der Waals surface area (Å²) in [6.07, 6.45) is 8.76. The Morgan fingerprint density at radius 2 is 1.77 bits per heavy atom. The second-order valence-corrected chi connectivity index (χ2v) is 5.09. The Hall–Kier alpha value is -0.0400. The molecular weight excluding hydrogens is 160 g/mol. The van der Waals surface area contributed by atoms with Gasteiger partial charge in [-0.3, -0.25) is 0 Å². The van der Waals surface area contributed by atoms with Crippen LogP contribution in [0.2, 0.25) is 0 Å². The predicted octanol–water partition coefficient (Wildman–Crippen LogP) is 3.12. The summed E-state index contributed by atoms with van der Waals surface area (Å²) >= 11 is 0. The lowest BCUT2D eigenvalue weighted by molar-refractivity contribution is -0.111. The Morgan fingerprint density at radius 3 is 2.08 bits per heavy atom. The van der Waals surface area contributed by atoms with E-state index in [9.17, 15) is 5.11 Å². The number of hydrogen-bond acceptors (Lipinski definition) is 1. The van der Waals surface area contributed by atoms with Crippen molar-refractivity contribution in [2.24, 2.45) is 10.8 Å². The van der Waals surface area contributed by atoms with Crippen molar-refractivity contribution >= 4 is 0 Å². The molecule has 2 saturated carbocycles. The molecule has 76 valence electrons. The fourth-order valence-corrected chi connectivity index (χ4v) is 3.56. The van der Waals surface area contributed by atoms with E-state index in [0.29, 0.717) is 10.8 Å². The normalized spacial score (nSPS) is 37.2. The van der Waals surface area contributed by atoms with Gasteiger partial charge in [-0.05, 0) is 43.9 Å². The highest BCUT2D eigenvalue weighted by atomic mass is 16.3. The first-order chi connectivity index (χ1) is 6.21. The second-order valence-electron chi connectivity index (χ2n) is 5.09. The summed E-state index contributed by atoms with van der Waals surface area (Å²) in [5.41, 5.74) is 0.944. The third-order valence-corrected chi connectivity index (χ3v) is 4.79. The fraction of sp³-hybridized carbons (Fsp3) is 1.00. The first kappa shape index (κ1) is 9.51. The van der Waals surface area contributed by atoms with Crippen molar-refractivity contribution in [3.8, 4) is 0 Å². The summed E-state index contributed by atoms with van der Waals surface area (Å²) in [6.45, 7) is 4.43. The number of aliphatic hydroxyl groups excluding tert-OH is 1. The van der Waals surface area contributed by atoms with Gasteiger partial charge in [0.1, 0.15) is 0 Å². The Labute approximate surface area is 81.5 Å². The second kappa shape index (κ2) is 2.98. The van der Waals surface area contributed by atoms with E-state index in [1.807, 2.05) is 0 Å². The van der Waals surface area contributed by atoms with E-state index in [-0.39, 0.29) is 6.10 Å². The molecule has 2 unspecified atom stereocenters. The van der Waals surface area contributed by atoms with Crippen molar-refractivity contribution in [3.05, 3.63) is 0 Å². The van der Waals surface area contributed by atoms with Gasteiger partial charge in [-0.15, -0.1) is 0 Å². The summed E-state index contributed by atoms with van der Waals surface area (Å²) in [7, 11) is 0. The van der Waals surface area contributed by atoms with E-state index in [2.05, 4.69) is 13.8 Å². The van der Waals surface area contributed by atoms with E-state index in [1.54, 1.807) is 0 Å². The van der Waals surface area contributed by atoms with Crippen molar-refractivity contribution in [3.63, 3.8) is 0 Å². The highest BCUT2D eigenvalue weighted by Gasteiger charge is 2.66. The molecule has 2 fully saturated rings. The molecule has 13 heavy (non-hydrogen) atoms. The average Bonchev–Trinajstić information content (AvgIpc) is 2.85. The maximum absolute atomic E-state index is 10.2. The quantitative estimate of drug-likeness (QED) is 0.708. The number of hydrogen-bond donors (Lipinski definition) is 1. The molecule has 0 aliphatic heterocycles. The van der Waals surface area contributed by atoms with Gasteiger partial charge in [-0.25, -0.2) is 0 Å². The lowest BCUT2D eigenvalue weighted by Crippen LogP contribution is -2.50. The highest BCUT2D eigenvalue weighted by molar-refractivity contribution is 5.16. The Balaban J connectivity index is 2.07. The van der Waals surface area contributed by atoms with Crippen molar-refractivity contribution in [1.82, 2.24) is 0 Å². The van der Waals surface area contributed by atoms with Crippen LogP contribution in [0.15, 0.2) is 0 Å². The van der Waals surface area contributed by atoms with Crippen LogP contribution in [0.4, 0.5) is 0 Å². The molecule has 2 aliphatic rings. The smallest absolute Gasteiger partial charge is 0.0601 e. The molecule has 1 heteroatoms. The first-order valence-electron chi connectivity index (χ1n) is 5.89. The molecule has 2 atom stereocenters. The monoisotopic (exact) mass is 182 g/mol. The van der Waals surface area contributed by atoms with Gasteiger partial charge in [0, 0.05) is 5.41 Å². The summed E-state index contributed by atoms with van der Waals surface area (Å²) in [6, 6.07) is 0. The van der Waals surface area contributed by atoms with Gasteiger partial charge in [-0.1, -0.05) is 20.3 Å². The van der Waals surface area contributed by atoms with E-state index >= 15 is 0 Å². The molecule has 1 spiro atoms. The third kappa shape index (κ3) is 1.09. The van der Waals surface area contributed by atoms with Crippen LogP contribution in [0.25, 0.3) is 0 Å². The predicted molar refractivity (Wildman–Crippen MR) is 54.5 cm³/mol. The molecule has 0 heterocycles. The summed E-state index contributed by atoms with van der Waals surface area (Å²) in [5, 5.41) is 10.2. The number of rotatable bonds is 4. The Bertz CT molecular complexity index is 191. The zero-order valence-corrected chi connectivity index (χ0v) is 8.97. The third-order valence-electron chi connectivity index (χ3n) is 4.79. The van der Waals surface area contributed by atoms with Gasteiger partial charge in [0.05, 0.1) is 6.10 Å². The topological polar surface area (TPSA) is 20.2 Å². The molecule has 0 saturated heterocycles. The molecule has 2 rings (SSSR count). The molecule has 0 aromatic heterocycles. The maximum atomic E-state index is 10.2. The van der Waals surface area contributed by atoms with Crippen LogP contribution < -0.4 is 0 Å².